The van der Waals surface area contributed by atoms with Gasteiger partial charge >= 0.3 is 0 Å². The van der Waals surface area contributed by atoms with E-state index in [1.165, 1.54) is 10.5 Å². The van der Waals surface area contributed by atoms with E-state index in [0.29, 0.717) is 24.7 Å². The monoisotopic (exact) mass is 349 g/mol. The molecule has 0 aromatic carbocycles. The highest BCUT2D eigenvalue weighted by Gasteiger charge is 2.34. The molecule has 8 nitrogen and oxygen atoms in total. The first kappa shape index (κ1) is 16.6. The van der Waals surface area contributed by atoms with Crippen molar-refractivity contribution >= 4 is 15.8 Å². The average molecular weight is 349 g/mol. The molecule has 1 aliphatic heterocycles. The van der Waals surface area contributed by atoms with Gasteiger partial charge in [0.1, 0.15) is 11.0 Å². The Bertz CT molecular complexity index is 798. The van der Waals surface area contributed by atoms with Gasteiger partial charge in [-0.15, -0.1) is 0 Å². The molecule has 1 aliphatic rings. The van der Waals surface area contributed by atoms with Gasteiger partial charge in [-0.05, 0) is 18.6 Å². The Morgan fingerprint density at radius 3 is 2.75 bits per heavy atom. The average Bonchev–Trinajstić information content (AvgIpc) is 3.05. The summed E-state index contributed by atoms with van der Waals surface area (Å²) in [5.41, 5.74) is 0. The third kappa shape index (κ3) is 3.31. The van der Waals surface area contributed by atoms with Crippen LogP contribution in [0.4, 0.5) is 5.82 Å². The second-order valence-electron chi connectivity index (χ2n) is 5.66. The topological polar surface area (TPSA) is 88.5 Å². The van der Waals surface area contributed by atoms with Crippen molar-refractivity contribution < 1.29 is 13.2 Å². The molecule has 0 bridgehead atoms. The van der Waals surface area contributed by atoms with Gasteiger partial charge < -0.3 is 9.64 Å². The standard InChI is InChI=1S/C15H19N5O3S/c1-19(2)14-15(18-8-7-17-14)23-12-5-9-20(11-12)24(21,22)13-4-3-6-16-10-13/h3-4,6-8,10,12H,5,9,11H2,1-2H3. The Balaban J connectivity index is 1.73. The van der Waals surface area contributed by atoms with Crippen LogP contribution in [0, 0.1) is 0 Å². The smallest absolute Gasteiger partial charge is 0.257 e. The summed E-state index contributed by atoms with van der Waals surface area (Å²) < 4.78 is 32.5. The van der Waals surface area contributed by atoms with E-state index in [4.69, 9.17) is 4.74 Å². The number of aromatic nitrogens is 3. The van der Waals surface area contributed by atoms with E-state index in [0.717, 1.165) is 0 Å². The zero-order valence-electron chi connectivity index (χ0n) is 13.5. The van der Waals surface area contributed by atoms with E-state index in [1.807, 2.05) is 14.1 Å². The van der Waals surface area contributed by atoms with E-state index in [-0.39, 0.29) is 17.5 Å². The number of hydrogen-bond acceptors (Lipinski definition) is 7. The van der Waals surface area contributed by atoms with Gasteiger partial charge in [0, 0.05) is 45.4 Å². The minimum Gasteiger partial charge on any atom is -0.470 e. The summed E-state index contributed by atoms with van der Waals surface area (Å²) in [5.74, 6) is 1.03. The quantitative estimate of drug-likeness (QED) is 0.788. The molecule has 3 heterocycles. The lowest BCUT2D eigenvalue weighted by molar-refractivity contribution is 0.207. The van der Waals surface area contributed by atoms with Gasteiger partial charge in [0.05, 0.1) is 6.54 Å². The first-order valence-corrected chi connectivity index (χ1v) is 8.97. The van der Waals surface area contributed by atoms with Gasteiger partial charge in [0.15, 0.2) is 5.82 Å². The van der Waals surface area contributed by atoms with Crippen molar-refractivity contribution in [3.8, 4) is 5.88 Å². The number of hydrogen-bond donors (Lipinski definition) is 0. The van der Waals surface area contributed by atoms with Crippen LogP contribution in [0.15, 0.2) is 41.8 Å². The summed E-state index contributed by atoms with van der Waals surface area (Å²) in [4.78, 5) is 14.3. The van der Waals surface area contributed by atoms with Crippen LogP contribution in [0.1, 0.15) is 6.42 Å². The summed E-state index contributed by atoms with van der Waals surface area (Å²) >= 11 is 0. The second kappa shape index (κ2) is 6.70. The number of ether oxygens (including phenoxy) is 1. The molecule has 0 aliphatic carbocycles. The van der Waals surface area contributed by atoms with Crippen LogP contribution in [-0.4, -0.2) is 61.0 Å². The van der Waals surface area contributed by atoms with Crippen molar-refractivity contribution in [2.24, 2.45) is 0 Å². The predicted molar refractivity (Wildman–Crippen MR) is 88.4 cm³/mol. The number of pyridine rings is 1. The Morgan fingerprint density at radius 2 is 2.04 bits per heavy atom. The molecule has 0 saturated carbocycles. The lowest BCUT2D eigenvalue weighted by atomic mass is 10.3. The highest BCUT2D eigenvalue weighted by atomic mass is 32.2. The molecule has 2 aromatic rings. The van der Waals surface area contributed by atoms with E-state index in [2.05, 4.69) is 15.0 Å². The number of nitrogens with zero attached hydrogens (tertiary/aromatic N) is 5. The van der Waals surface area contributed by atoms with Crippen molar-refractivity contribution in [3.05, 3.63) is 36.9 Å². The van der Waals surface area contributed by atoms with Crippen LogP contribution in [0.25, 0.3) is 0 Å². The summed E-state index contributed by atoms with van der Waals surface area (Å²) in [6.07, 6.45) is 6.40. The van der Waals surface area contributed by atoms with Crippen LogP contribution in [0.5, 0.6) is 5.88 Å². The zero-order valence-corrected chi connectivity index (χ0v) is 14.3. The minimum absolute atomic E-state index is 0.194. The maximum Gasteiger partial charge on any atom is 0.257 e. The van der Waals surface area contributed by atoms with Crippen molar-refractivity contribution in [2.75, 3.05) is 32.1 Å². The van der Waals surface area contributed by atoms with Crippen LogP contribution in [0.2, 0.25) is 0 Å². The lowest BCUT2D eigenvalue weighted by Crippen LogP contribution is -2.31. The van der Waals surface area contributed by atoms with E-state index < -0.39 is 10.0 Å². The molecule has 128 valence electrons. The summed E-state index contributed by atoms with van der Waals surface area (Å²) in [7, 11) is 0.158. The Hall–Kier alpha value is -2.26. The summed E-state index contributed by atoms with van der Waals surface area (Å²) in [6.45, 7) is 0.681. The fourth-order valence-electron chi connectivity index (χ4n) is 2.53. The Kier molecular flexibility index (Phi) is 4.63. The van der Waals surface area contributed by atoms with Gasteiger partial charge in [0.2, 0.25) is 10.0 Å². The first-order valence-electron chi connectivity index (χ1n) is 7.53. The van der Waals surface area contributed by atoms with Crippen molar-refractivity contribution in [1.82, 2.24) is 19.3 Å². The normalized spacial score (nSPS) is 18.5. The molecule has 1 unspecified atom stereocenters. The van der Waals surface area contributed by atoms with Crippen LogP contribution < -0.4 is 9.64 Å². The number of rotatable bonds is 5. The fourth-order valence-corrected chi connectivity index (χ4v) is 3.98. The van der Waals surface area contributed by atoms with Gasteiger partial charge in [-0.3, -0.25) is 4.98 Å². The second-order valence-corrected chi connectivity index (χ2v) is 7.60. The Morgan fingerprint density at radius 1 is 1.25 bits per heavy atom. The molecule has 0 spiro atoms. The highest BCUT2D eigenvalue weighted by molar-refractivity contribution is 7.89. The SMILES string of the molecule is CN(C)c1nccnc1OC1CCN(S(=O)(=O)c2cccnc2)C1. The van der Waals surface area contributed by atoms with Gasteiger partial charge in [-0.25, -0.2) is 18.4 Å². The number of sulfonamides is 1. The highest BCUT2D eigenvalue weighted by Crippen LogP contribution is 2.26. The molecule has 3 rings (SSSR count). The number of anilines is 1. The molecular formula is C15H19N5O3S. The molecule has 0 amide bonds. The van der Waals surface area contributed by atoms with Crippen LogP contribution in [-0.2, 0) is 10.0 Å². The molecule has 2 aromatic heterocycles. The molecule has 0 radical (unpaired) electrons. The first-order chi connectivity index (χ1) is 11.5. The molecule has 0 N–H and O–H groups in total. The van der Waals surface area contributed by atoms with Gasteiger partial charge in [-0.2, -0.15) is 4.31 Å². The van der Waals surface area contributed by atoms with Crippen molar-refractivity contribution in [1.29, 1.82) is 0 Å². The van der Waals surface area contributed by atoms with Crippen molar-refractivity contribution in [2.45, 2.75) is 17.4 Å². The van der Waals surface area contributed by atoms with Crippen LogP contribution in [0.3, 0.4) is 0 Å². The lowest BCUT2D eigenvalue weighted by Gasteiger charge is -2.19. The molecule has 1 saturated heterocycles. The third-order valence-electron chi connectivity index (χ3n) is 3.73. The maximum absolute atomic E-state index is 12.6. The van der Waals surface area contributed by atoms with E-state index >= 15 is 0 Å². The van der Waals surface area contributed by atoms with Gasteiger partial charge in [0.25, 0.3) is 5.88 Å². The molecule has 24 heavy (non-hydrogen) atoms. The molecule has 1 fully saturated rings. The van der Waals surface area contributed by atoms with Crippen molar-refractivity contribution in [3.63, 3.8) is 0 Å². The molecule has 1 atom stereocenters. The maximum atomic E-state index is 12.6. The largest absolute Gasteiger partial charge is 0.470 e. The summed E-state index contributed by atoms with van der Waals surface area (Å²) in [6, 6.07) is 3.16. The minimum atomic E-state index is -3.55. The zero-order chi connectivity index (χ0) is 17.2. The van der Waals surface area contributed by atoms with Gasteiger partial charge in [-0.1, -0.05) is 0 Å². The van der Waals surface area contributed by atoms with E-state index in [1.54, 1.807) is 35.6 Å². The predicted octanol–water partition coefficient (Wildman–Crippen LogP) is 0.780. The Labute approximate surface area is 141 Å². The molecule has 9 heteroatoms. The van der Waals surface area contributed by atoms with Crippen LogP contribution >= 0.6 is 0 Å². The fraction of sp³-hybridized carbons (Fsp3) is 0.400. The summed E-state index contributed by atoms with van der Waals surface area (Å²) in [5, 5.41) is 0. The van der Waals surface area contributed by atoms with E-state index in [9.17, 15) is 8.42 Å². The third-order valence-corrected chi connectivity index (χ3v) is 5.58. The molecular weight excluding hydrogens is 330 g/mol.